The van der Waals surface area contributed by atoms with Crippen molar-refractivity contribution in [2.24, 2.45) is 11.8 Å². The molecule has 214 valence electrons. The van der Waals surface area contributed by atoms with Crippen molar-refractivity contribution in [2.45, 2.75) is 149 Å². The van der Waals surface area contributed by atoms with Crippen LogP contribution in [0.4, 0.5) is 0 Å². The summed E-state index contributed by atoms with van der Waals surface area (Å²) in [4.78, 5) is 47.1. The van der Waals surface area contributed by atoms with Gasteiger partial charge in [-0.2, -0.15) is 0 Å². The highest BCUT2D eigenvalue weighted by Crippen LogP contribution is 2.17. The van der Waals surface area contributed by atoms with Gasteiger partial charge in [-0.3, -0.25) is 19.2 Å². The van der Waals surface area contributed by atoms with Crippen molar-refractivity contribution in [3.05, 3.63) is 0 Å². The van der Waals surface area contributed by atoms with Crippen molar-refractivity contribution in [3.63, 3.8) is 0 Å². The van der Waals surface area contributed by atoms with Crippen LogP contribution in [0.25, 0.3) is 0 Å². The minimum absolute atomic E-state index is 0. The Morgan fingerprint density at radius 3 is 1.75 bits per heavy atom. The summed E-state index contributed by atoms with van der Waals surface area (Å²) in [5, 5.41) is 12.3. The van der Waals surface area contributed by atoms with Gasteiger partial charge in [0.05, 0.1) is 5.92 Å². The number of Topliss-reactive ketones (excluding diaryl/α,β-unsaturated/α-hetero) is 2. The lowest BCUT2D eigenvalue weighted by molar-refractivity contribution is -0.144. The lowest BCUT2D eigenvalue weighted by atomic mass is 9.94. The van der Waals surface area contributed by atoms with E-state index in [1.165, 1.54) is 64.2 Å². The number of carboxylic acids is 1. The highest BCUT2D eigenvalue weighted by atomic mass is 16.4. The molecule has 0 saturated carbocycles. The molecule has 0 aromatic rings. The number of nitrogens with one attached hydrogen (secondary N) is 1. The van der Waals surface area contributed by atoms with Crippen LogP contribution in [0.2, 0.25) is 0 Å². The fourth-order valence-electron chi connectivity index (χ4n) is 4.43. The Labute approximate surface area is 223 Å². The van der Waals surface area contributed by atoms with Crippen molar-refractivity contribution in [1.29, 1.82) is 0 Å². The van der Waals surface area contributed by atoms with Gasteiger partial charge in [-0.25, -0.2) is 0 Å². The summed E-state index contributed by atoms with van der Waals surface area (Å²) in [6.45, 7) is 6.28. The van der Waals surface area contributed by atoms with Gasteiger partial charge >= 0.3 is 5.97 Å². The zero-order valence-corrected chi connectivity index (χ0v) is 23.6. The van der Waals surface area contributed by atoms with Gasteiger partial charge < -0.3 is 10.4 Å². The van der Waals surface area contributed by atoms with Gasteiger partial charge in [0.15, 0.2) is 0 Å². The van der Waals surface area contributed by atoms with Crippen molar-refractivity contribution >= 4 is 23.4 Å². The molecule has 0 saturated heterocycles. The fourth-order valence-corrected chi connectivity index (χ4v) is 4.43. The van der Waals surface area contributed by atoms with Crippen LogP contribution in [0.1, 0.15) is 152 Å². The molecule has 0 heterocycles. The minimum atomic E-state index is -1.00. The molecule has 0 aliphatic carbocycles. The molecule has 0 unspecified atom stereocenters. The molecule has 0 rings (SSSR count). The Bertz CT molecular complexity index is 615. The lowest BCUT2D eigenvalue weighted by Gasteiger charge is -2.12. The monoisotopic (exact) mass is 513 g/mol. The summed E-state index contributed by atoms with van der Waals surface area (Å²) < 4.78 is 0. The second-order valence-corrected chi connectivity index (χ2v) is 10.7. The van der Waals surface area contributed by atoms with Crippen molar-refractivity contribution in [1.82, 2.24) is 5.32 Å². The summed E-state index contributed by atoms with van der Waals surface area (Å²) in [5.41, 5.74) is 0. The quantitative estimate of drug-likeness (QED) is 0.114. The van der Waals surface area contributed by atoms with E-state index in [0.29, 0.717) is 13.0 Å². The second kappa shape index (κ2) is 23.7. The average Bonchev–Trinajstić information content (AvgIpc) is 2.83. The molecule has 1 amide bonds. The van der Waals surface area contributed by atoms with Crippen LogP contribution < -0.4 is 5.32 Å². The molecule has 6 heteroatoms. The van der Waals surface area contributed by atoms with Crippen LogP contribution in [0.3, 0.4) is 0 Å². The van der Waals surface area contributed by atoms with Gasteiger partial charge in [0.25, 0.3) is 0 Å². The third-order valence-electron chi connectivity index (χ3n) is 7.18. The number of aliphatic carboxylic acids is 1. The molecule has 0 aromatic heterocycles. The average molecular weight is 514 g/mol. The van der Waals surface area contributed by atoms with E-state index < -0.39 is 11.9 Å². The first-order chi connectivity index (χ1) is 17.3. The van der Waals surface area contributed by atoms with Crippen molar-refractivity contribution in [2.75, 3.05) is 6.54 Å². The van der Waals surface area contributed by atoms with Gasteiger partial charge in [-0.1, -0.05) is 97.3 Å². The molecule has 36 heavy (non-hydrogen) atoms. The summed E-state index contributed by atoms with van der Waals surface area (Å²) >= 11 is 0. The largest absolute Gasteiger partial charge is 0.481 e. The van der Waals surface area contributed by atoms with Gasteiger partial charge in [0.1, 0.15) is 11.6 Å². The third-order valence-corrected chi connectivity index (χ3v) is 7.18. The Morgan fingerprint density at radius 2 is 1.25 bits per heavy atom. The SMILES string of the molecule is CCCCCCCCCCCCCCCC(=O)C[C@@H](CCC(=O)NCCCC[C@H](C)C(C)=O)C(=O)O.[HH].[HH]. The van der Waals surface area contributed by atoms with Crippen LogP contribution in [0.5, 0.6) is 0 Å². The summed E-state index contributed by atoms with van der Waals surface area (Å²) in [7, 11) is 0. The number of rotatable bonds is 26. The van der Waals surface area contributed by atoms with E-state index in [9.17, 15) is 24.3 Å². The number of unbranched alkanes of at least 4 members (excludes halogenated alkanes) is 13. The second-order valence-electron chi connectivity index (χ2n) is 10.7. The van der Waals surface area contributed by atoms with E-state index in [1.54, 1.807) is 6.92 Å². The van der Waals surface area contributed by atoms with Gasteiger partial charge in [0.2, 0.25) is 5.91 Å². The van der Waals surface area contributed by atoms with Gasteiger partial charge in [0, 0.05) is 34.6 Å². The zero-order valence-electron chi connectivity index (χ0n) is 23.6. The molecule has 0 aromatic carbocycles. The number of carbonyl (C=O) groups excluding carboxylic acids is 3. The fraction of sp³-hybridized carbons (Fsp3) is 0.867. The zero-order chi connectivity index (χ0) is 27.0. The lowest BCUT2D eigenvalue weighted by Crippen LogP contribution is -2.26. The van der Waals surface area contributed by atoms with Crippen LogP contribution in [-0.2, 0) is 19.2 Å². The van der Waals surface area contributed by atoms with Crippen LogP contribution in [-0.4, -0.2) is 35.1 Å². The standard InChI is InChI=1S/C30H55NO5.2H2/c1-4-5-6-7-8-9-10-11-12-13-14-15-16-20-28(33)24-27(30(35)36)21-22-29(34)31-23-18-17-19-25(2)26(3)32;;/h25,27H,4-24H2,1-3H3,(H,31,34)(H,35,36);2*1H/t25-,27+;;/m0../s1. The number of ketones is 2. The Hall–Kier alpha value is -1.72. The minimum Gasteiger partial charge on any atom is -0.481 e. The first-order valence-electron chi connectivity index (χ1n) is 14.8. The van der Waals surface area contributed by atoms with Crippen LogP contribution in [0, 0.1) is 11.8 Å². The summed E-state index contributed by atoms with van der Waals surface area (Å²) in [6, 6.07) is 0. The maximum Gasteiger partial charge on any atom is 0.306 e. The predicted molar refractivity (Wildman–Crippen MR) is 151 cm³/mol. The molecular weight excluding hydrogens is 454 g/mol. The first kappa shape index (κ1) is 34.3. The first-order valence-corrected chi connectivity index (χ1v) is 14.8. The molecule has 0 spiro atoms. The maximum atomic E-state index is 12.3. The van der Waals surface area contributed by atoms with Crippen LogP contribution >= 0.6 is 0 Å². The van der Waals surface area contributed by atoms with E-state index in [1.807, 2.05) is 6.92 Å². The van der Waals surface area contributed by atoms with E-state index >= 15 is 0 Å². The number of hydrogen-bond acceptors (Lipinski definition) is 4. The number of carboxylic acid groups (broad SMARTS) is 1. The number of hydrogen-bond donors (Lipinski definition) is 2. The molecule has 0 bridgehead atoms. The third kappa shape index (κ3) is 21.6. The molecule has 2 atom stereocenters. The summed E-state index contributed by atoms with van der Waals surface area (Å²) in [6.07, 6.45) is 19.5. The molecule has 6 nitrogen and oxygen atoms in total. The normalized spacial score (nSPS) is 12.8. The number of carbonyl (C=O) groups is 4. The van der Waals surface area contributed by atoms with Crippen LogP contribution in [0.15, 0.2) is 0 Å². The van der Waals surface area contributed by atoms with Gasteiger partial charge in [-0.15, -0.1) is 0 Å². The molecule has 0 aliphatic heterocycles. The van der Waals surface area contributed by atoms with E-state index in [2.05, 4.69) is 12.2 Å². The highest BCUT2D eigenvalue weighted by molar-refractivity contribution is 5.84. The highest BCUT2D eigenvalue weighted by Gasteiger charge is 2.22. The molecule has 2 N–H and O–H groups in total. The topological polar surface area (TPSA) is 101 Å². The maximum absolute atomic E-state index is 12.3. The Morgan fingerprint density at radius 1 is 0.722 bits per heavy atom. The molecule has 0 aliphatic rings. The number of amides is 1. The van der Waals surface area contributed by atoms with Gasteiger partial charge in [-0.05, 0) is 32.6 Å². The summed E-state index contributed by atoms with van der Waals surface area (Å²) in [5.74, 6) is -1.74. The smallest absolute Gasteiger partial charge is 0.306 e. The van der Waals surface area contributed by atoms with Crippen molar-refractivity contribution in [3.8, 4) is 0 Å². The van der Waals surface area contributed by atoms with Crippen molar-refractivity contribution < 1.29 is 27.1 Å². The molecule has 0 fully saturated rings. The van der Waals surface area contributed by atoms with E-state index in [-0.39, 0.29) is 45.5 Å². The predicted octanol–water partition coefficient (Wildman–Crippen LogP) is 7.91. The van der Waals surface area contributed by atoms with E-state index in [4.69, 9.17) is 0 Å². The molecular formula is C30H59NO5. The Balaban J connectivity index is -0.00000612. The molecule has 0 radical (unpaired) electrons. The van der Waals surface area contributed by atoms with E-state index in [0.717, 1.165) is 38.5 Å². The Kier molecular flexibility index (Phi) is 22.5.